The molecule has 5 heteroatoms. The third kappa shape index (κ3) is 2.23. The van der Waals surface area contributed by atoms with Gasteiger partial charge in [0.1, 0.15) is 0 Å². The van der Waals surface area contributed by atoms with E-state index in [9.17, 15) is 13.6 Å². The Kier molecular flexibility index (Phi) is 3.24. The van der Waals surface area contributed by atoms with Gasteiger partial charge in [0.15, 0.2) is 11.6 Å². The molecule has 0 radical (unpaired) electrons. The highest BCUT2D eigenvalue weighted by atomic mass is 19.2. The number of anilines is 1. The lowest BCUT2D eigenvalue weighted by Crippen LogP contribution is -2.09. The van der Waals surface area contributed by atoms with Gasteiger partial charge in [0.25, 0.3) is 0 Å². The van der Waals surface area contributed by atoms with E-state index in [2.05, 4.69) is 10.1 Å². The quantitative estimate of drug-likeness (QED) is 0.821. The summed E-state index contributed by atoms with van der Waals surface area (Å²) in [5, 5.41) is 2.39. The van der Waals surface area contributed by atoms with E-state index in [-0.39, 0.29) is 22.9 Å². The van der Waals surface area contributed by atoms with Crippen molar-refractivity contribution in [2.75, 3.05) is 12.4 Å². The summed E-state index contributed by atoms with van der Waals surface area (Å²) in [6.07, 6.45) is 0. The molecule has 0 fully saturated rings. The van der Waals surface area contributed by atoms with E-state index in [1.54, 1.807) is 0 Å². The summed E-state index contributed by atoms with van der Waals surface area (Å²) < 4.78 is 31.1. The number of ether oxygens (including phenoxy) is 1. The summed E-state index contributed by atoms with van der Waals surface area (Å²) in [6, 6.07) is 1.25. The van der Waals surface area contributed by atoms with E-state index in [1.807, 2.05) is 0 Å². The monoisotopic (exact) mass is 215 g/mol. The molecule has 0 aromatic heterocycles. The van der Waals surface area contributed by atoms with Crippen LogP contribution in [0, 0.1) is 18.6 Å². The van der Waals surface area contributed by atoms with Crippen LogP contribution in [0.5, 0.6) is 5.75 Å². The van der Waals surface area contributed by atoms with E-state index in [4.69, 9.17) is 0 Å². The van der Waals surface area contributed by atoms with Crippen LogP contribution in [0.3, 0.4) is 0 Å². The van der Waals surface area contributed by atoms with Crippen LogP contribution in [0.15, 0.2) is 6.07 Å². The Morgan fingerprint density at radius 1 is 1.40 bits per heavy atom. The van der Waals surface area contributed by atoms with E-state index in [0.29, 0.717) is 0 Å². The number of hydrogen-bond acceptors (Lipinski definition) is 2. The second-order valence-electron chi connectivity index (χ2n) is 3.06. The number of methoxy groups -OCH3 is 1. The van der Waals surface area contributed by atoms with Gasteiger partial charge in [-0.2, -0.15) is 4.39 Å². The highest BCUT2D eigenvalue weighted by molar-refractivity contribution is 5.89. The molecular weight excluding hydrogens is 204 g/mol. The van der Waals surface area contributed by atoms with Gasteiger partial charge in [-0.15, -0.1) is 0 Å². The normalized spacial score (nSPS) is 9.93. The van der Waals surface area contributed by atoms with Crippen LogP contribution in [-0.4, -0.2) is 13.0 Å². The summed E-state index contributed by atoms with van der Waals surface area (Å²) in [5.41, 5.74) is 0.252. The number of hydrogen-bond donors (Lipinski definition) is 1. The van der Waals surface area contributed by atoms with Crippen molar-refractivity contribution in [2.45, 2.75) is 13.8 Å². The molecule has 1 aromatic carbocycles. The highest BCUT2D eigenvalue weighted by Gasteiger charge is 2.16. The molecule has 1 N–H and O–H groups in total. The number of benzene rings is 1. The maximum Gasteiger partial charge on any atom is 0.221 e. The first-order valence-corrected chi connectivity index (χ1v) is 4.27. The van der Waals surface area contributed by atoms with Crippen molar-refractivity contribution < 1.29 is 18.3 Å². The van der Waals surface area contributed by atoms with E-state index >= 15 is 0 Å². The molecule has 0 unspecified atom stereocenters. The van der Waals surface area contributed by atoms with Gasteiger partial charge in [0.05, 0.1) is 12.8 Å². The van der Waals surface area contributed by atoms with Crippen LogP contribution in [-0.2, 0) is 4.79 Å². The molecule has 0 bridgehead atoms. The number of halogens is 2. The molecule has 0 aliphatic rings. The topological polar surface area (TPSA) is 38.3 Å². The van der Waals surface area contributed by atoms with Crippen molar-refractivity contribution in [1.82, 2.24) is 0 Å². The molecule has 0 spiro atoms. The van der Waals surface area contributed by atoms with E-state index < -0.39 is 11.6 Å². The van der Waals surface area contributed by atoms with E-state index in [1.165, 1.54) is 27.0 Å². The van der Waals surface area contributed by atoms with Crippen LogP contribution >= 0.6 is 0 Å². The average Bonchev–Trinajstić information content (AvgIpc) is 2.18. The summed E-state index contributed by atoms with van der Waals surface area (Å²) >= 11 is 0. The maximum atomic E-state index is 13.3. The Morgan fingerprint density at radius 3 is 2.47 bits per heavy atom. The molecule has 0 aliphatic carbocycles. The van der Waals surface area contributed by atoms with Crippen molar-refractivity contribution in [2.24, 2.45) is 0 Å². The molecule has 0 aliphatic heterocycles. The minimum Gasteiger partial charge on any atom is -0.493 e. The van der Waals surface area contributed by atoms with Crippen LogP contribution in [0.1, 0.15) is 12.5 Å². The Labute approximate surface area is 86.0 Å². The zero-order valence-electron chi connectivity index (χ0n) is 8.65. The minimum atomic E-state index is -1.05. The first kappa shape index (κ1) is 11.4. The predicted molar refractivity (Wildman–Crippen MR) is 52.0 cm³/mol. The molecule has 0 heterocycles. The molecular formula is C10H11F2NO2. The molecule has 1 aromatic rings. The summed E-state index contributed by atoms with van der Waals surface area (Å²) in [7, 11) is 1.23. The highest BCUT2D eigenvalue weighted by Crippen LogP contribution is 2.29. The predicted octanol–water partition coefficient (Wildman–Crippen LogP) is 2.24. The van der Waals surface area contributed by atoms with Gasteiger partial charge >= 0.3 is 0 Å². The van der Waals surface area contributed by atoms with Crippen molar-refractivity contribution in [3.8, 4) is 5.75 Å². The molecule has 0 saturated heterocycles. The zero-order valence-corrected chi connectivity index (χ0v) is 8.65. The second-order valence-corrected chi connectivity index (χ2v) is 3.06. The van der Waals surface area contributed by atoms with Gasteiger partial charge in [-0.1, -0.05) is 0 Å². The number of amides is 1. The lowest BCUT2D eigenvalue weighted by atomic mass is 10.1. The van der Waals surface area contributed by atoms with Gasteiger partial charge < -0.3 is 10.1 Å². The fourth-order valence-corrected chi connectivity index (χ4v) is 1.16. The Balaban J connectivity index is 3.28. The number of nitrogens with one attached hydrogen (secondary N) is 1. The van der Waals surface area contributed by atoms with E-state index in [0.717, 1.165) is 0 Å². The SMILES string of the molecule is COc1cc(NC(C)=O)c(C)c(F)c1F. The summed E-state index contributed by atoms with van der Waals surface area (Å²) in [6.45, 7) is 2.66. The zero-order chi connectivity index (χ0) is 11.6. The third-order valence-electron chi connectivity index (χ3n) is 1.95. The molecule has 3 nitrogen and oxygen atoms in total. The van der Waals surface area contributed by atoms with Crippen LogP contribution < -0.4 is 10.1 Å². The molecule has 82 valence electrons. The molecule has 0 saturated carbocycles. The van der Waals surface area contributed by atoms with Crippen LogP contribution in [0.2, 0.25) is 0 Å². The van der Waals surface area contributed by atoms with Gasteiger partial charge in [-0.25, -0.2) is 4.39 Å². The second kappa shape index (κ2) is 4.25. The number of carbonyl (C=O) groups is 1. The van der Waals surface area contributed by atoms with Crippen LogP contribution in [0.4, 0.5) is 14.5 Å². The fraction of sp³-hybridized carbons (Fsp3) is 0.300. The third-order valence-corrected chi connectivity index (χ3v) is 1.95. The Hall–Kier alpha value is -1.65. The Morgan fingerprint density at radius 2 is 2.00 bits per heavy atom. The smallest absolute Gasteiger partial charge is 0.221 e. The first-order valence-electron chi connectivity index (χ1n) is 4.27. The maximum absolute atomic E-state index is 13.3. The van der Waals surface area contributed by atoms with Crippen molar-refractivity contribution in [1.29, 1.82) is 0 Å². The van der Waals surface area contributed by atoms with Gasteiger partial charge in [0.2, 0.25) is 11.7 Å². The summed E-state index contributed by atoms with van der Waals surface area (Å²) in [4.78, 5) is 10.8. The first-order chi connectivity index (χ1) is 6.97. The summed E-state index contributed by atoms with van der Waals surface area (Å²) in [5.74, 6) is -2.66. The number of carbonyl (C=O) groups excluding carboxylic acids is 1. The average molecular weight is 215 g/mol. The molecule has 15 heavy (non-hydrogen) atoms. The standard InChI is InChI=1S/C10H11F2NO2/c1-5-7(13-6(2)14)4-8(15-3)10(12)9(5)11/h4H,1-3H3,(H,13,14). The lowest BCUT2D eigenvalue weighted by molar-refractivity contribution is -0.114. The van der Waals surface area contributed by atoms with Crippen LogP contribution in [0.25, 0.3) is 0 Å². The van der Waals surface area contributed by atoms with Gasteiger partial charge in [-0.05, 0) is 6.92 Å². The number of rotatable bonds is 2. The fourth-order valence-electron chi connectivity index (χ4n) is 1.16. The van der Waals surface area contributed by atoms with Gasteiger partial charge in [-0.3, -0.25) is 4.79 Å². The Bertz CT molecular complexity index is 405. The van der Waals surface area contributed by atoms with Gasteiger partial charge in [0, 0.05) is 18.6 Å². The largest absolute Gasteiger partial charge is 0.493 e. The molecule has 1 rings (SSSR count). The van der Waals surface area contributed by atoms with Crippen molar-refractivity contribution >= 4 is 11.6 Å². The van der Waals surface area contributed by atoms with Crippen molar-refractivity contribution in [3.63, 3.8) is 0 Å². The van der Waals surface area contributed by atoms with Crippen molar-refractivity contribution in [3.05, 3.63) is 23.3 Å². The lowest BCUT2D eigenvalue weighted by Gasteiger charge is -2.11. The minimum absolute atomic E-state index is 0.0449. The molecule has 1 amide bonds. The molecule has 0 atom stereocenters.